The molecule has 8 heteroatoms. The van der Waals surface area contributed by atoms with E-state index in [0.29, 0.717) is 16.5 Å². The van der Waals surface area contributed by atoms with Gasteiger partial charge in [-0.05, 0) is 32.0 Å². The molecule has 0 bridgehead atoms. The van der Waals surface area contributed by atoms with E-state index < -0.39 is 5.54 Å². The molecule has 7 nitrogen and oxygen atoms in total. The molecule has 0 fully saturated rings. The van der Waals surface area contributed by atoms with Crippen LogP contribution in [-0.4, -0.2) is 27.0 Å². The van der Waals surface area contributed by atoms with Crippen LogP contribution in [0.1, 0.15) is 37.0 Å². The third kappa shape index (κ3) is 3.62. The molecule has 0 radical (unpaired) electrons. The van der Waals surface area contributed by atoms with Gasteiger partial charge in [0, 0.05) is 12.6 Å². The number of nitrogens with zero attached hydrogens (tertiary/aromatic N) is 2. The van der Waals surface area contributed by atoms with Crippen LogP contribution in [0.5, 0.6) is 0 Å². The van der Waals surface area contributed by atoms with E-state index in [2.05, 4.69) is 25.8 Å². The normalized spacial score (nSPS) is 11.1. The predicted octanol–water partition coefficient (Wildman–Crippen LogP) is 2.08. The van der Waals surface area contributed by atoms with Crippen LogP contribution in [0.3, 0.4) is 0 Å². The largest absolute Gasteiger partial charge is 0.340 e. The Kier molecular flexibility index (Phi) is 4.46. The van der Waals surface area contributed by atoms with Gasteiger partial charge in [-0.15, -0.1) is 0 Å². The number of halogens is 1. The van der Waals surface area contributed by atoms with Crippen molar-refractivity contribution >= 4 is 29.1 Å². The summed E-state index contributed by atoms with van der Waals surface area (Å²) in [7, 11) is 0. The van der Waals surface area contributed by atoms with Gasteiger partial charge in [0.2, 0.25) is 5.91 Å². The molecule has 1 aromatic carbocycles. The first-order valence-electron chi connectivity index (χ1n) is 6.55. The van der Waals surface area contributed by atoms with Gasteiger partial charge in [-0.1, -0.05) is 11.6 Å². The van der Waals surface area contributed by atoms with Crippen LogP contribution >= 0.6 is 11.6 Å². The fraction of sp³-hybridized carbons (Fsp3) is 0.286. The number of benzene rings is 1. The zero-order valence-corrected chi connectivity index (χ0v) is 13.2. The summed E-state index contributed by atoms with van der Waals surface area (Å²) in [4.78, 5) is 27.6. The van der Waals surface area contributed by atoms with Crippen molar-refractivity contribution in [3.8, 4) is 0 Å². The molecule has 0 atom stereocenters. The zero-order valence-electron chi connectivity index (χ0n) is 12.4. The first-order chi connectivity index (χ1) is 10.3. The second-order valence-corrected chi connectivity index (χ2v) is 5.70. The highest BCUT2D eigenvalue weighted by Gasteiger charge is 2.27. The molecule has 0 saturated heterocycles. The van der Waals surface area contributed by atoms with Crippen molar-refractivity contribution in [3.05, 3.63) is 40.9 Å². The summed E-state index contributed by atoms with van der Waals surface area (Å²) in [6.07, 6.45) is 1.37. The Balaban J connectivity index is 2.24. The fourth-order valence-corrected chi connectivity index (χ4v) is 2.10. The van der Waals surface area contributed by atoms with Crippen LogP contribution in [-0.2, 0) is 10.3 Å². The van der Waals surface area contributed by atoms with Gasteiger partial charge in [-0.2, -0.15) is 5.10 Å². The van der Waals surface area contributed by atoms with Crippen molar-refractivity contribution in [2.24, 2.45) is 0 Å². The van der Waals surface area contributed by atoms with Gasteiger partial charge in [-0.25, -0.2) is 4.98 Å². The molecule has 0 aliphatic rings. The summed E-state index contributed by atoms with van der Waals surface area (Å²) in [5.74, 6) is -0.0794. The maximum absolute atomic E-state index is 12.4. The summed E-state index contributed by atoms with van der Waals surface area (Å²) in [6, 6.07) is 4.71. The Labute approximate surface area is 132 Å². The van der Waals surface area contributed by atoms with E-state index in [1.807, 2.05) is 0 Å². The number of hydrogen-bond acceptors (Lipinski definition) is 4. The topological polar surface area (TPSA) is 99.8 Å². The van der Waals surface area contributed by atoms with Crippen LogP contribution < -0.4 is 10.6 Å². The smallest absolute Gasteiger partial charge is 0.253 e. The number of rotatable bonds is 4. The highest BCUT2D eigenvalue weighted by molar-refractivity contribution is 6.34. The van der Waals surface area contributed by atoms with Gasteiger partial charge in [-0.3, -0.25) is 14.7 Å². The summed E-state index contributed by atoms with van der Waals surface area (Å²) >= 11 is 6.07. The number of aromatic nitrogens is 3. The number of carbonyl (C=O) groups is 2. The van der Waals surface area contributed by atoms with E-state index in [0.717, 1.165) is 0 Å². The monoisotopic (exact) mass is 321 g/mol. The van der Waals surface area contributed by atoms with Crippen molar-refractivity contribution in [2.75, 3.05) is 5.32 Å². The van der Waals surface area contributed by atoms with Gasteiger partial charge in [0.1, 0.15) is 12.2 Å². The molecule has 0 saturated carbocycles. The van der Waals surface area contributed by atoms with E-state index >= 15 is 0 Å². The Morgan fingerprint density at radius 1 is 1.32 bits per heavy atom. The molecule has 0 aliphatic carbocycles. The van der Waals surface area contributed by atoms with Gasteiger partial charge >= 0.3 is 0 Å². The van der Waals surface area contributed by atoms with E-state index in [4.69, 9.17) is 11.6 Å². The first-order valence-corrected chi connectivity index (χ1v) is 6.93. The minimum absolute atomic E-state index is 0.226. The quantitative estimate of drug-likeness (QED) is 0.802. The maximum atomic E-state index is 12.4. The SMILES string of the molecule is CC(=O)Nc1ccc(Cl)c(C(=O)NC(C)(C)c2ncn[nH]2)c1. The van der Waals surface area contributed by atoms with Gasteiger partial charge in [0.05, 0.1) is 16.1 Å². The number of hydrogen-bond donors (Lipinski definition) is 3. The van der Waals surface area contributed by atoms with Crippen molar-refractivity contribution in [1.29, 1.82) is 0 Å². The Bertz CT molecular complexity index is 697. The zero-order chi connectivity index (χ0) is 16.3. The Hall–Kier alpha value is -2.41. The number of nitrogens with one attached hydrogen (secondary N) is 3. The summed E-state index contributed by atoms with van der Waals surface area (Å²) in [5.41, 5.74) is 0.0148. The molecule has 2 aromatic rings. The van der Waals surface area contributed by atoms with Crippen LogP contribution in [0.2, 0.25) is 5.02 Å². The average molecular weight is 322 g/mol. The number of aromatic amines is 1. The number of H-pyrrole nitrogens is 1. The molecule has 2 rings (SSSR count). The van der Waals surface area contributed by atoms with E-state index in [9.17, 15) is 9.59 Å². The van der Waals surface area contributed by atoms with Gasteiger partial charge in [0.15, 0.2) is 0 Å². The number of carbonyl (C=O) groups excluding carboxylic acids is 2. The Morgan fingerprint density at radius 2 is 2.05 bits per heavy atom. The molecule has 0 unspecified atom stereocenters. The number of anilines is 1. The average Bonchev–Trinajstić information content (AvgIpc) is 2.94. The second-order valence-electron chi connectivity index (χ2n) is 5.29. The van der Waals surface area contributed by atoms with Crippen molar-refractivity contribution in [1.82, 2.24) is 20.5 Å². The minimum Gasteiger partial charge on any atom is -0.340 e. The second kappa shape index (κ2) is 6.15. The lowest BCUT2D eigenvalue weighted by Crippen LogP contribution is -2.42. The lowest BCUT2D eigenvalue weighted by atomic mass is 10.0. The minimum atomic E-state index is -0.749. The highest BCUT2D eigenvalue weighted by Crippen LogP contribution is 2.23. The standard InChI is InChI=1S/C14H16ClN5O2/c1-8(21)18-9-4-5-11(15)10(6-9)12(22)19-14(2,3)13-16-7-17-20-13/h4-7H,1-3H3,(H,18,21)(H,19,22)(H,16,17,20). The molecular formula is C14H16ClN5O2. The lowest BCUT2D eigenvalue weighted by Gasteiger charge is -2.23. The summed E-state index contributed by atoms with van der Waals surface area (Å²) < 4.78 is 0. The molecule has 116 valence electrons. The Morgan fingerprint density at radius 3 is 2.64 bits per heavy atom. The van der Waals surface area contributed by atoms with Gasteiger partial charge < -0.3 is 10.6 Å². The molecule has 2 amide bonds. The third-order valence-electron chi connectivity index (χ3n) is 2.96. The molecular weight excluding hydrogens is 306 g/mol. The van der Waals surface area contributed by atoms with Crippen LogP contribution in [0.15, 0.2) is 24.5 Å². The summed E-state index contributed by atoms with van der Waals surface area (Å²) in [6.45, 7) is 4.97. The lowest BCUT2D eigenvalue weighted by molar-refractivity contribution is -0.114. The molecule has 0 spiro atoms. The van der Waals surface area contributed by atoms with E-state index in [1.165, 1.54) is 19.3 Å². The van der Waals surface area contributed by atoms with Crippen molar-refractivity contribution < 1.29 is 9.59 Å². The van der Waals surface area contributed by atoms with Crippen molar-refractivity contribution in [3.63, 3.8) is 0 Å². The predicted molar refractivity (Wildman–Crippen MR) is 82.6 cm³/mol. The first kappa shape index (κ1) is 16.0. The van der Waals surface area contributed by atoms with Crippen LogP contribution in [0.4, 0.5) is 5.69 Å². The maximum Gasteiger partial charge on any atom is 0.253 e. The van der Waals surface area contributed by atoms with Crippen LogP contribution in [0, 0.1) is 0 Å². The molecule has 1 heterocycles. The van der Waals surface area contributed by atoms with Crippen molar-refractivity contribution in [2.45, 2.75) is 26.3 Å². The molecule has 0 aliphatic heterocycles. The van der Waals surface area contributed by atoms with Crippen LogP contribution in [0.25, 0.3) is 0 Å². The third-order valence-corrected chi connectivity index (χ3v) is 3.29. The summed E-state index contributed by atoms with van der Waals surface area (Å²) in [5, 5.41) is 12.2. The van der Waals surface area contributed by atoms with E-state index in [-0.39, 0.29) is 17.4 Å². The molecule has 22 heavy (non-hydrogen) atoms. The highest BCUT2D eigenvalue weighted by atomic mass is 35.5. The molecule has 1 aromatic heterocycles. The molecule has 3 N–H and O–H groups in total. The van der Waals surface area contributed by atoms with Gasteiger partial charge in [0.25, 0.3) is 5.91 Å². The number of amides is 2. The van der Waals surface area contributed by atoms with E-state index in [1.54, 1.807) is 26.0 Å². The fourth-order valence-electron chi connectivity index (χ4n) is 1.90.